The van der Waals surface area contributed by atoms with Crippen molar-refractivity contribution >= 4 is 28.7 Å². The zero-order chi connectivity index (χ0) is 15.2. The molecule has 0 bridgehead atoms. The molecule has 2 aliphatic carbocycles. The number of fused-ring (bicyclic) bond motifs is 1. The number of carbonyl (C=O) groups excluding carboxylic acids is 2. The molecule has 0 aromatic carbocycles. The minimum atomic E-state index is -0.0675. The molecule has 2 fully saturated rings. The van der Waals surface area contributed by atoms with Gasteiger partial charge in [0.25, 0.3) is 0 Å². The summed E-state index contributed by atoms with van der Waals surface area (Å²) in [6, 6.07) is 0. The molecule has 2 aliphatic heterocycles. The van der Waals surface area contributed by atoms with Crippen molar-refractivity contribution in [1.82, 2.24) is 4.90 Å². The molecule has 4 rings (SSSR count). The molecule has 0 aromatic heterocycles. The summed E-state index contributed by atoms with van der Waals surface area (Å²) in [4.78, 5) is 30.4. The summed E-state index contributed by atoms with van der Waals surface area (Å²) in [5, 5.41) is 0.676. The van der Waals surface area contributed by atoms with Gasteiger partial charge in [-0.15, -0.1) is 0 Å². The molecule has 0 unspecified atom stereocenters. The largest absolute Gasteiger partial charge is 0.274 e. The first-order chi connectivity index (χ1) is 10.7. The maximum atomic E-state index is 12.1. The average Bonchev–Trinajstić information content (AvgIpc) is 2.87. The van der Waals surface area contributed by atoms with E-state index in [0.29, 0.717) is 18.0 Å². The van der Waals surface area contributed by atoms with Crippen molar-refractivity contribution in [2.24, 2.45) is 4.99 Å². The van der Waals surface area contributed by atoms with Gasteiger partial charge in [0.15, 0.2) is 5.17 Å². The molecular weight excluding hydrogens is 296 g/mol. The van der Waals surface area contributed by atoms with Crippen LogP contribution < -0.4 is 0 Å². The maximum Gasteiger partial charge on any atom is 0.235 e. The van der Waals surface area contributed by atoms with Crippen molar-refractivity contribution in [3.8, 4) is 0 Å². The van der Waals surface area contributed by atoms with Crippen LogP contribution in [0.3, 0.4) is 0 Å². The molecular formula is C17H22N2O2S. The summed E-state index contributed by atoms with van der Waals surface area (Å²) in [6.45, 7) is 0. The highest BCUT2D eigenvalue weighted by Gasteiger charge is 2.46. The highest BCUT2D eigenvalue weighted by molar-refractivity contribution is 8.15. The first kappa shape index (κ1) is 14.5. The number of amidine groups is 1. The van der Waals surface area contributed by atoms with E-state index in [0.717, 1.165) is 12.8 Å². The van der Waals surface area contributed by atoms with Gasteiger partial charge in [0.1, 0.15) is 0 Å². The number of hydrogen-bond acceptors (Lipinski definition) is 4. The molecule has 1 saturated carbocycles. The Kier molecular flexibility index (Phi) is 3.63. The van der Waals surface area contributed by atoms with E-state index in [9.17, 15) is 9.59 Å². The summed E-state index contributed by atoms with van der Waals surface area (Å²) in [7, 11) is 0. The van der Waals surface area contributed by atoms with Crippen LogP contribution in [0.25, 0.3) is 0 Å². The molecule has 4 nitrogen and oxygen atoms in total. The van der Waals surface area contributed by atoms with Gasteiger partial charge in [0.2, 0.25) is 11.8 Å². The van der Waals surface area contributed by atoms with E-state index in [1.807, 2.05) is 0 Å². The average molecular weight is 318 g/mol. The Morgan fingerprint density at radius 2 is 1.55 bits per heavy atom. The van der Waals surface area contributed by atoms with Crippen molar-refractivity contribution in [2.75, 3.05) is 0 Å². The van der Waals surface area contributed by atoms with E-state index in [1.54, 1.807) is 11.8 Å². The molecule has 1 spiro atoms. The van der Waals surface area contributed by atoms with Crippen molar-refractivity contribution in [2.45, 2.75) is 75.4 Å². The predicted octanol–water partition coefficient (Wildman–Crippen LogP) is 3.77. The van der Waals surface area contributed by atoms with Gasteiger partial charge in [0, 0.05) is 23.3 Å². The molecule has 2 heterocycles. The van der Waals surface area contributed by atoms with Crippen molar-refractivity contribution in [3.05, 3.63) is 11.3 Å². The lowest BCUT2D eigenvalue weighted by Gasteiger charge is -2.44. The zero-order valence-electron chi connectivity index (χ0n) is 12.9. The number of thioether (sulfide) groups is 1. The smallest absolute Gasteiger partial charge is 0.235 e. The van der Waals surface area contributed by atoms with Crippen LogP contribution in [0.15, 0.2) is 16.3 Å². The quantitative estimate of drug-likeness (QED) is 0.639. The molecule has 2 amide bonds. The van der Waals surface area contributed by atoms with Gasteiger partial charge in [-0.1, -0.05) is 31.0 Å². The fraction of sp³-hybridized carbons (Fsp3) is 0.706. The fourth-order valence-corrected chi connectivity index (χ4v) is 5.93. The SMILES string of the molecule is O=C1CCC(=O)N1C1=NC2=C(CCCC2)C2(CCCCC2)S1. The lowest BCUT2D eigenvalue weighted by molar-refractivity contribution is -0.133. The third kappa shape index (κ3) is 2.25. The topological polar surface area (TPSA) is 49.7 Å². The Morgan fingerprint density at radius 3 is 2.27 bits per heavy atom. The lowest BCUT2D eigenvalue weighted by Crippen LogP contribution is -2.42. The molecule has 0 radical (unpaired) electrons. The minimum absolute atomic E-state index is 0.0675. The first-order valence-electron chi connectivity index (χ1n) is 8.56. The highest BCUT2D eigenvalue weighted by Crippen LogP contribution is 2.53. The molecule has 118 valence electrons. The molecule has 4 aliphatic rings. The second-order valence-corrected chi connectivity index (χ2v) is 8.16. The number of amides is 2. The van der Waals surface area contributed by atoms with Crippen LogP contribution >= 0.6 is 11.8 Å². The van der Waals surface area contributed by atoms with Crippen molar-refractivity contribution in [3.63, 3.8) is 0 Å². The Morgan fingerprint density at radius 1 is 0.864 bits per heavy atom. The number of rotatable bonds is 0. The third-order valence-corrected chi connectivity index (χ3v) is 6.91. The van der Waals surface area contributed by atoms with Gasteiger partial charge in [0.05, 0.1) is 0 Å². The van der Waals surface area contributed by atoms with Crippen LogP contribution in [0, 0.1) is 0 Å². The van der Waals surface area contributed by atoms with E-state index in [-0.39, 0.29) is 16.6 Å². The van der Waals surface area contributed by atoms with Gasteiger partial charge < -0.3 is 0 Å². The van der Waals surface area contributed by atoms with Crippen molar-refractivity contribution in [1.29, 1.82) is 0 Å². The van der Waals surface area contributed by atoms with Crippen LogP contribution in [-0.2, 0) is 9.59 Å². The summed E-state index contributed by atoms with van der Waals surface area (Å²) in [5.41, 5.74) is 2.72. The molecule has 5 heteroatoms. The number of carbonyl (C=O) groups is 2. The van der Waals surface area contributed by atoms with Crippen LogP contribution in [0.4, 0.5) is 0 Å². The van der Waals surface area contributed by atoms with Gasteiger partial charge in [-0.2, -0.15) is 0 Å². The molecule has 0 N–H and O–H groups in total. The Labute approximate surface area is 135 Å². The van der Waals surface area contributed by atoms with E-state index in [4.69, 9.17) is 4.99 Å². The summed E-state index contributed by atoms with van der Waals surface area (Å²) in [5.74, 6) is -0.135. The van der Waals surface area contributed by atoms with Crippen LogP contribution in [0.2, 0.25) is 0 Å². The van der Waals surface area contributed by atoms with Gasteiger partial charge in [-0.3, -0.25) is 9.59 Å². The van der Waals surface area contributed by atoms with Crippen LogP contribution in [-0.4, -0.2) is 26.6 Å². The Hall–Kier alpha value is -1.10. The number of nitrogens with zero attached hydrogens (tertiary/aromatic N) is 2. The third-order valence-electron chi connectivity index (χ3n) is 5.41. The number of hydrogen-bond donors (Lipinski definition) is 0. The Bertz CT molecular complexity index is 571. The number of likely N-dealkylation sites (tertiary alicyclic amines) is 1. The minimum Gasteiger partial charge on any atom is -0.274 e. The molecule has 0 aromatic rings. The number of allylic oxidation sites excluding steroid dienone is 1. The zero-order valence-corrected chi connectivity index (χ0v) is 13.7. The number of aliphatic imine (C=N–C) groups is 1. The second kappa shape index (κ2) is 5.52. The summed E-state index contributed by atoms with van der Waals surface area (Å²) in [6.07, 6.45) is 11.4. The summed E-state index contributed by atoms with van der Waals surface area (Å²) >= 11 is 1.72. The fourth-order valence-electron chi connectivity index (χ4n) is 4.29. The van der Waals surface area contributed by atoms with Crippen molar-refractivity contribution < 1.29 is 9.59 Å². The van der Waals surface area contributed by atoms with E-state index in [1.165, 1.54) is 61.1 Å². The van der Waals surface area contributed by atoms with Gasteiger partial charge >= 0.3 is 0 Å². The normalized spacial score (nSPS) is 28.2. The molecule has 1 saturated heterocycles. The molecule has 0 atom stereocenters. The van der Waals surface area contributed by atoms with E-state index < -0.39 is 0 Å². The van der Waals surface area contributed by atoms with Gasteiger partial charge in [-0.25, -0.2) is 9.89 Å². The summed E-state index contributed by atoms with van der Waals surface area (Å²) < 4.78 is 0.119. The van der Waals surface area contributed by atoms with Crippen LogP contribution in [0.1, 0.15) is 70.6 Å². The lowest BCUT2D eigenvalue weighted by atomic mass is 9.77. The Balaban J connectivity index is 1.75. The maximum absolute atomic E-state index is 12.1. The standard InChI is InChI=1S/C17H22N2O2S/c20-14-8-9-15(21)19(14)16-18-13-7-3-2-6-12(13)17(22-16)10-4-1-5-11-17/h1-11H2. The monoisotopic (exact) mass is 318 g/mol. The first-order valence-corrected chi connectivity index (χ1v) is 9.37. The van der Waals surface area contributed by atoms with Crippen LogP contribution in [0.5, 0.6) is 0 Å². The highest BCUT2D eigenvalue weighted by atomic mass is 32.2. The number of imide groups is 1. The molecule has 22 heavy (non-hydrogen) atoms. The van der Waals surface area contributed by atoms with E-state index >= 15 is 0 Å². The van der Waals surface area contributed by atoms with E-state index in [2.05, 4.69) is 0 Å². The van der Waals surface area contributed by atoms with Gasteiger partial charge in [-0.05, 0) is 44.1 Å². The predicted molar refractivity (Wildman–Crippen MR) is 87.4 cm³/mol. The second-order valence-electron chi connectivity index (χ2n) is 6.81.